The summed E-state index contributed by atoms with van der Waals surface area (Å²) in [5.41, 5.74) is 1.66. The summed E-state index contributed by atoms with van der Waals surface area (Å²) in [6.45, 7) is 5.81. The van der Waals surface area contributed by atoms with Crippen LogP contribution >= 0.6 is 11.3 Å². The lowest BCUT2D eigenvalue weighted by atomic mass is 10.1. The topological polar surface area (TPSA) is 15.3 Å². The van der Waals surface area contributed by atoms with E-state index in [-0.39, 0.29) is 11.9 Å². The highest BCUT2D eigenvalue weighted by Gasteiger charge is 2.11. The minimum absolute atomic E-state index is 0.147. The van der Waals surface area contributed by atoms with Crippen molar-refractivity contribution in [2.45, 2.75) is 26.3 Å². The molecule has 1 unspecified atom stereocenters. The molecule has 2 nitrogen and oxygen atoms in total. The standard InChI is InChI=1S/C17H23FN2S/c1-4-19-13(2)14-7-8-17(16(18)12-14)20(3)10-9-15-6-5-11-21-15/h5-8,11-13,19H,4,9-10H2,1-3H3. The highest BCUT2D eigenvalue weighted by Crippen LogP contribution is 2.23. The van der Waals surface area contributed by atoms with Gasteiger partial charge in [-0.15, -0.1) is 11.3 Å². The molecule has 21 heavy (non-hydrogen) atoms. The zero-order chi connectivity index (χ0) is 15.2. The molecule has 1 heterocycles. The second-order valence-corrected chi connectivity index (χ2v) is 6.27. The highest BCUT2D eigenvalue weighted by molar-refractivity contribution is 7.09. The van der Waals surface area contributed by atoms with Gasteiger partial charge in [-0.25, -0.2) is 4.39 Å². The van der Waals surface area contributed by atoms with Crippen LogP contribution in [-0.4, -0.2) is 20.1 Å². The maximum absolute atomic E-state index is 14.3. The van der Waals surface area contributed by atoms with E-state index in [1.54, 1.807) is 17.4 Å². The van der Waals surface area contributed by atoms with Crippen molar-refractivity contribution in [1.29, 1.82) is 0 Å². The fourth-order valence-corrected chi connectivity index (χ4v) is 3.08. The minimum atomic E-state index is -0.147. The lowest BCUT2D eigenvalue weighted by molar-refractivity contribution is 0.581. The molecule has 0 aliphatic heterocycles. The minimum Gasteiger partial charge on any atom is -0.372 e. The van der Waals surface area contributed by atoms with E-state index in [0.717, 1.165) is 25.1 Å². The van der Waals surface area contributed by atoms with Crippen LogP contribution in [-0.2, 0) is 6.42 Å². The summed E-state index contributed by atoms with van der Waals surface area (Å²) >= 11 is 1.75. The van der Waals surface area contributed by atoms with Crippen molar-refractivity contribution < 1.29 is 4.39 Å². The Kier molecular flexibility index (Phi) is 5.76. The van der Waals surface area contributed by atoms with Crippen LogP contribution in [0.5, 0.6) is 0 Å². The molecular weight excluding hydrogens is 283 g/mol. The van der Waals surface area contributed by atoms with Crippen LogP contribution in [0.3, 0.4) is 0 Å². The molecule has 0 bridgehead atoms. The first-order valence-corrected chi connectivity index (χ1v) is 8.26. The summed E-state index contributed by atoms with van der Waals surface area (Å²) in [4.78, 5) is 3.32. The number of halogens is 1. The SMILES string of the molecule is CCNC(C)c1ccc(N(C)CCc2cccs2)c(F)c1. The van der Waals surface area contributed by atoms with Crippen LogP contribution in [0.2, 0.25) is 0 Å². The van der Waals surface area contributed by atoms with Gasteiger partial charge in [-0.3, -0.25) is 0 Å². The average molecular weight is 306 g/mol. The molecule has 0 saturated carbocycles. The van der Waals surface area contributed by atoms with Gasteiger partial charge in [0.1, 0.15) is 5.82 Å². The molecule has 2 aromatic rings. The Morgan fingerprint density at radius 1 is 1.33 bits per heavy atom. The molecule has 2 rings (SSSR count). The van der Waals surface area contributed by atoms with E-state index in [4.69, 9.17) is 0 Å². The summed E-state index contributed by atoms with van der Waals surface area (Å²) < 4.78 is 14.3. The van der Waals surface area contributed by atoms with E-state index in [0.29, 0.717) is 5.69 Å². The summed E-state index contributed by atoms with van der Waals surface area (Å²) in [5, 5.41) is 5.38. The van der Waals surface area contributed by atoms with Gasteiger partial charge in [-0.05, 0) is 49.0 Å². The van der Waals surface area contributed by atoms with Gasteiger partial charge in [0.05, 0.1) is 5.69 Å². The Balaban J connectivity index is 2.02. The van der Waals surface area contributed by atoms with Crippen LogP contribution in [0.1, 0.15) is 30.3 Å². The zero-order valence-electron chi connectivity index (χ0n) is 12.9. The van der Waals surface area contributed by atoms with Crippen LogP contribution in [0.15, 0.2) is 35.7 Å². The summed E-state index contributed by atoms with van der Waals surface area (Å²) in [6, 6.07) is 9.88. The number of rotatable bonds is 7. The number of hydrogen-bond acceptors (Lipinski definition) is 3. The van der Waals surface area contributed by atoms with E-state index in [2.05, 4.69) is 36.7 Å². The predicted octanol–water partition coefficient (Wildman–Crippen LogP) is 4.24. The predicted molar refractivity (Wildman–Crippen MR) is 89.8 cm³/mol. The fraction of sp³-hybridized carbons (Fsp3) is 0.412. The first kappa shape index (κ1) is 16.0. The second-order valence-electron chi connectivity index (χ2n) is 5.24. The third-order valence-corrected chi connectivity index (χ3v) is 4.60. The van der Waals surface area contributed by atoms with Gasteiger partial charge in [-0.2, -0.15) is 0 Å². The molecule has 0 spiro atoms. The smallest absolute Gasteiger partial charge is 0.146 e. The van der Waals surface area contributed by atoms with E-state index in [1.165, 1.54) is 4.88 Å². The summed E-state index contributed by atoms with van der Waals surface area (Å²) in [6.07, 6.45) is 0.948. The van der Waals surface area contributed by atoms with Gasteiger partial charge in [0.15, 0.2) is 0 Å². The molecule has 0 fully saturated rings. The molecular formula is C17H23FN2S. The zero-order valence-corrected chi connectivity index (χ0v) is 13.7. The summed E-state index contributed by atoms with van der Waals surface area (Å²) in [5.74, 6) is -0.147. The number of benzene rings is 1. The van der Waals surface area contributed by atoms with Crippen LogP contribution in [0.25, 0.3) is 0 Å². The highest BCUT2D eigenvalue weighted by atomic mass is 32.1. The Hall–Kier alpha value is -1.39. The van der Waals surface area contributed by atoms with Gasteiger partial charge < -0.3 is 10.2 Å². The van der Waals surface area contributed by atoms with E-state index < -0.39 is 0 Å². The lowest BCUT2D eigenvalue weighted by Crippen LogP contribution is -2.22. The van der Waals surface area contributed by atoms with Gasteiger partial charge in [0.25, 0.3) is 0 Å². The lowest BCUT2D eigenvalue weighted by Gasteiger charge is -2.21. The van der Waals surface area contributed by atoms with Gasteiger partial charge in [0.2, 0.25) is 0 Å². The molecule has 1 N–H and O–H groups in total. The Bertz CT molecular complexity index is 554. The molecule has 0 aliphatic rings. The molecule has 0 aliphatic carbocycles. The molecule has 0 radical (unpaired) electrons. The van der Waals surface area contributed by atoms with E-state index in [9.17, 15) is 4.39 Å². The van der Waals surface area contributed by atoms with Crippen LogP contribution < -0.4 is 10.2 Å². The Morgan fingerprint density at radius 3 is 2.76 bits per heavy atom. The van der Waals surface area contributed by atoms with Crippen molar-refractivity contribution in [3.8, 4) is 0 Å². The third-order valence-electron chi connectivity index (χ3n) is 3.67. The number of nitrogens with zero attached hydrogens (tertiary/aromatic N) is 1. The molecule has 4 heteroatoms. The monoisotopic (exact) mass is 306 g/mol. The molecule has 1 atom stereocenters. The van der Waals surface area contributed by atoms with Crippen molar-refractivity contribution in [2.24, 2.45) is 0 Å². The van der Waals surface area contributed by atoms with Gasteiger partial charge in [0, 0.05) is 24.5 Å². The van der Waals surface area contributed by atoms with Gasteiger partial charge in [-0.1, -0.05) is 19.1 Å². The average Bonchev–Trinajstić information content (AvgIpc) is 2.98. The largest absolute Gasteiger partial charge is 0.372 e. The van der Waals surface area contributed by atoms with E-state index >= 15 is 0 Å². The van der Waals surface area contributed by atoms with Crippen molar-refractivity contribution in [3.05, 3.63) is 52.0 Å². The molecule has 0 saturated heterocycles. The maximum atomic E-state index is 14.3. The van der Waals surface area contributed by atoms with Crippen molar-refractivity contribution in [2.75, 3.05) is 25.0 Å². The first-order valence-electron chi connectivity index (χ1n) is 7.38. The van der Waals surface area contributed by atoms with Crippen LogP contribution in [0, 0.1) is 5.82 Å². The Labute approximate surface area is 130 Å². The number of likely N-dealkylation sites (N-methyl/N-ethyl adjacent to an activating group) is 1. The molecule has 1 aromatic heterocycles. The second kappa shape index (κ2) is 7.57. The van der Waals surface area contributed by atoms with Crippen molar-refractivity contribution in [1.82, 2.24) is 5.32 Å². The molecule has 1 aromatic carbocycles. The van der Waals surface area contributed by atoms with Crippen molar-refractivity contribution in [3.63, 3.8) is 0 Å². The normalized spacial score (nSPS) is 12.4. The number of nitrogens with one attached hydrogen (secondary N) is 1. The van der Waals surface area contributed by atoms with Gasteiger partial charge >= 0.3 is 0 Å². The number of anilines is 1. The molecule has 0 amide bonds. The molecule has 114 valence electrons. The van der Waals surface area contributed by atoms with E-state index in [1.807, 2.05) is 24.1 Å². The first-order chi connectivity index (χ1) is 10.1. The fourth-order valence-electron chi connectivity index (χ4n) is 2.38. The maximum Gasteiger partial charge on any atom is 0.146 e. The van der Waals surface area contributed by atoms with Crippen LogP contribution in [0.4, 0.5) is 10.1 Å². The quantitative estimate of drug-likeness (QED) is 0.823. The van der Waals surface area contributed by atoms with Crippen molar-refractivity contribution >= 4 is 17.0 Å². The third kappa shape index (κ3) is 4.29. The Morgan fingerprint density at radius 2 is 2.14 bits per heavy atom. The number of thiophene rings is 1. The summed E-state index contributed by atoms with van der Waals surface area (Å²) in [7, 11) is 1.94. The number of hydrogen-bond donors (Lipinski definition) is 1.